The predicted octanol–water partition coefficient (Wildman–Crippen LogP) is 3.80. The van der Waals surface area contributed by atoms with Gasteiger partial charge in [0.15, 0.2) is 6.61 Å². The summed E-state index contributed by atoms with van der Waals surface area (Å²) in [7, 11) is -3.82. The van der Waals surface area contributed by atoms with Gasteiger partial charge in [-0.2, -0.15) is 0 Å². The van der Waals surface area contributed by atoms with Crippen LogP contribution < -0.4 is 10.0 Å². The first-order chi connectivity index (χ1) is 17.2. The summed E-state index contributed by atoms with van der Waals surface area (Å²) in [6, 6.07) is 12.1. The minimum atomic E-state index is -3.82. The fourth-order valence-corrected chi connectivity index (χ4v) is 5.74. The molecule has 192 valence electrons. The largest absolute Gasteiger partial charge is 0.462 e. The molecule has 1 heterocycles. The maximum atomic E-state index is 12.6. The van der Waals surface area contributed by atoms with Crippen LogP contribution in [-0.4, -0.2) is 46.0 Å². The molecule has 0 atom stereocenters. The Morgan fingerprint density at radius 1 is 1.00 bits per heavy atom. The van der Waals surface area contributed by atoms with E-state index in [1.165, 1.54) is 17.4 Å². The van der Waals surface area contributed by atoms with Crippen LogP contribution in [-0.2, 0) is 35.5 Å². The Kier molecular flexibility index (Phi) is 9.19. The van der Waals surface area contributed by atoms with Crippen molar-refractivity contribution >= 4 is 55.0 Å². The van der Waals surface area contributed by atoms with E-state index in [2.05, 4.69) is 10.0 Å². The standard InChI is InChI=1S/C25H28N2O7S2/c1-4-20-16(3)23(25(30)33-5-2)24(35-20)27-21(28)15-34-22(29)12-13-26-36(31,32)19-11-10-17-8-6-7-9-18(17)14-19/h6-11,14,26H,4-5,12-13,15H2,1-3H3,(H,27,28). The zero-order chi connectivity index (χ0) is 26.3. The van der Waals surface area contributed by atoms with E-state index < -0.39 is 34.5 Å². The van der Waals surface area contributed by atoms with Crippen LogP contribution in [0.15, 0.2) is 47.4 Å². The number of sulfonamides is 1. The molecule has 0 aliphatic carbocycles. The Bertz CT molecular complexity index is 1380. The van der Waals surface area contributed by atoms with E-state index >= 15 is 0 Å². The van der Waals surface area contributed by atoms with Crippen molar-refractivity contribution in [1.82, 2.24) is 4.72 Å². The van der Waals surface area contributed by atoms with Crippen LogP contribution in [0.5, 0.6) is 0 Å². The second-order valence-electron chi connectivity index (χ2n) is 7.79. The van der Waals surface area contributed by atoms with Gasteiger partial charge in [-0.05, 0) is 48.7 Å². The van der Waals surface area contributed by atoms with E-state index in [-0.39, 0.29) is 24.5 Å². The number of amides is 1. The number of rotatable bonds is 11. The summed E-state index contributed by atoms with van der Waals surface area (Å²) in [6.45, 7) is 4.86. The lowest BCUT2D eigenvalue weighted by Gasteiger charge is -2.09. The van der Waals surface area contributed by atoms with Gasteiger partial charge in [-0.1, -0.05) is 37.3 Å². The molecule has 2 N–H and O–H groups in total. The van der Waals surface area contributed by atoms with Gasteiger partial charge in [0.1, 0.15) is 5.00 Å². The topological polar surface area (TPSA) is 128 Å². The number of hydrogen-bond donors (Lipinski definition) is 2. The molecular weight excluding hydrogens is 504 g/mol. The number of ether oxygens (including phenoxy) is 2. The summed E-state index contributed by atoms with van der Waals surface area (Å²) in [5, 5.41) is 4.64. The Labute approximate surface area is 213 Å². The number of esters is 2. The average Bonchev–Trinajstić information content (AvgIpc) is 3.17. The van der Waals surface area contributed by atoms with E-state index in [0.717, 1.165) is 21.2 Å². The van der Waals surface area contributed by atoms with Gasteiger partial charge in [-0.25, -0.2) is 17.9 Å². The van der Waals surface area contributed by atoms with Gasteiger partial charge < -0.3 is 14.8 Å². The molecule has 0 fully saturated rings. The highest BCUT2D eigenvalue weighted by atomic mass is 32.2. The predicted molar refractivity (Wildman–Crippen MR) is 138 cm³/mol. The Morgan fingerprint density at radius 2 is 1.72 bits per heavy atom. The minimum Gasteiger partial charge on any atom is -0.462 e. The highest BCUT2D eigenvalue weighted by Crippen LogP contribution is 2.34. The van der Waals surface area contributed by atoms with Crippen LogP contribution in [0, 0.1) is 6.92 Å². The van der Waals surface area contributed by atoms with E-state index in [1.54, 1.807) is 26.0 Å². The highest BCUT2D eigenvalue weighted by molar-refractivity contribution is 7.89. The average molecular weight is 533 g/mol. The molecule has 9 nitrogen and oxygen atoms in total. The third kappa shape index (κ3) is 6.68. The molecule has 36 heavy (non-hydrogen) atoms. The van der Waals surface area contributed by atoms with Crippen molar-refractivity contribution in [1.29, 1.82) is 0 Å². The molecule has 1 amide bonds. The summed E-state index contributed by atoms with van der Waals surface area (Å²) >= 11 is 1.27. The number of carbonyl (C=O) groups is 3. The fraction of sp³-hybridized carbons (Fsp3) is 0.320. The van der Waals surface area contributed by atoms with Crippen molar-refractivity contribution in [2.45, 2.75) is 38.5 Å². The van der Waals surface area contributed by atoms with Crippen molar-refractivity contribution in [3.8, 4) is 0 Å². The van der Waals surface area contributed by atoms with E-state index in [0.29, 0.717) is 17.0 Å². The quantitative estimate of drug-likeness (QED) is 0.360. The van der Waals surface area contributed by atoms with Crippen molar-refractivity contribution in [2.75, 3.05) is 25.1 Å². The highest BCUT2D eigenvalue weighted by Gasteiger charge is 2.23. The molecule has 3 aromatic rings. The molecular formula is C25H28N2O7S2. The normalized spacial score (nSPS) is 11.3. The molecule has 0 aliphatic heterocycles. The lowest BCUT2D eigenvalue weighted by Crippen LogP contribution is -2.28. The molecule has 0 radical (unpaired) electrons. The van der Waals surface area contributed by atoms with Gasteiger partial charge in [0, 0.05) is 11.4 Å². The van der Waals surface area contributed by atoms with Crippen molar-refractivity contribution in [3.63, 3.8) is 0 Å². The van der Waals surface area contributed by atoms with Crippen LogP contribution in [0.3, 0.4) is 0 Å². The molecule has 1 aromatic heterocycles. The maximum Gasteiger partial charge on any atom is 0.341 e. The van der Waals surface area contributed by atoms with E-state index in [4.69, 9.17) is 9.47 Å². The molecule has 0 aliphatic rings. The van der Waals surface area contributed by atoms with Crippen LogP contribution in [0.25, 0.3) is 10.8 Å². The molecule has 0 saturated carbocycles. The number of thiophene rings is 1. The number of aryl methyl sites for hydroxylation is 1. The van der Waals surface area contributed by atoms with Gasteiger partial charge in [-0.3, -0.25) is 9.59 Å². The number of anilines is 1. The molecule has 3 rings (SSSR count). The maximum absolute atomic E-state index is 12.6. The van der Waals surface area contributed by atoms with E-state index in [9.17, 15) is 22.8 Å². The minimum absolute atomic E-state index is 0.0871. The van der Waals surface area contributed by atoms with Crippen molar-refractivity contribution in [2.24, 2.45) is 0 Å². The number of fused-ring (bicyclic) bond motifs is 1. The second kappa shape index (κ2) is 12.1. The lowest BCUT2D eigenvalue weighted by molar-refractivity contribution is -0.147. The lowest BCUT2D eigenvalue weighted by atomic mass is 10.1. The van der Waals surface area contributed by atoms with Crippen LogP contribution >= 0.6 is 11.3 Å². The molecule has 0 unspecified atom stereocenters. The SMILES string of the molecule is CCOC(=O)c1c(NC(=O)COC(=O)CCNS(=O)(=O)c2ccc3ccccc3c2)sc(CC)c1C. The zero-order valence-corrected chi connectivity index (χ0v) is 21.9. The first-order valence-electron chi connectivity index (χ1n) is 11.4. The van der Waals surface area contributed by atoms with Gasteiger partial charge in [0.2, 0.25) is 10.0 Å². The third-order valence-corrected chi connectivity index (χ3v) is 8.13. The van der Waals surface area contributed by atoms with Gasteiger partial charge in [-0.15, -0.1) is 11.3 Å². The summed E-state index contributed by atoms with van der Waals surface area (Å²) in [5.41, 5.74) is 1.04. The van der Waals surface area contributed by atoms with Gasteiger partial charge >= 0.3 is 11.9 Å². The smallest absolute Gasteiger partial charge is 0.341 e. The second-order valence-corrected chi connectivity index (χ2v) is 10.7. The third-order valence-electron chi connectivity index (χ3n) is 5.32. The summed E-state index contributed by atoms with van der Waals surface area (Å²) in [6.07, 6.45) is 0.426. The Morgan fingerprint density at radius 3 is 2.42 bits per heavy atom. The van der Waals surface area contributed by atoms with Crippen LogP contribution in [0.2, 0.25) is 0 Å². The number of carbonyl (C=O) groups excluding carboxylic acids is 3. The Balaban J connectivity index is 1.51. The van der Waals surface area contributed by atoms with E-state index in [1.807, 2.05) is 31.2 Å². The van der Waals surface area contributed by atoms with Crippen LogP contribution in [0.4, 0.5) is 5.00 Å². The van der Waals surface area contributed by atoms with Crippen molar-refractivity contribution < 1.29 is 32.3 Å². The molecule has 0 bridgehead atoms. The zero-order valence-electron chi connectivity index (χ0n) is 20.3. The first kappa shape index (κ1) is 27.3. The number of hydrogen-bond acceptors (Lipinski definition) is 8. The monoisotopic (exact) mass is 532 g/mol. The van der Waals surface area contributed by atoms with Gasteiger partial charge in [0.05, 0.1) is 23.5 Å². The Hall–Kier alpha value is -3.28. The van der Waals surface area contributed by atoms with Crippen molar-refractivity contribution in [3.05, 3.63) is 58.5 Å². The number of nitrogens with one attached hydrogen (secondary N) is 2. The summed E-state index contributed by atoms with van der Waals surface area (Å²) in [5.74, 6) is -1.89. The molecule has 0 saturated heterocycles. The van der Waals surface area contributed by atoms with Crippen LogP contribution in [0.1, 0.15) is 41.1 Å². The summed E-state index contributed by atoms with van der Waals surface area (Å²) in [4.78, 5) is 37.7. The molecule has 11 heteroatoms. The fourth-order valence-electron chi connectivity index (χ4n) is 3.52. The number of benzene rings is 2. The molecule has 0 spiro atoms. The van der Waals surface area contributed by atoms with Gasteiger partial charge in [0.25, 0.3) is 5.91 Å². The molecule has 2 aromatic carbocycles. The first-order valence-corrected chi connectivity index (χ1v) is 13.7. The summed E-state index contributed by atoms with van der Waals surface area (Å²) < 4.78 is 37.5.